The first-order valence-corrected chi connectivity index (χ1v) is 7.61. The van der Waals surface area contributed by atoms with Gasteiger partial charge in [0.15, 0.2) is 0 Å². The molecular formula is C19H25NO. The van der Waals surface area contributed by atoms with Gasteiger partial charge < -0.3 is 10.1 Å². The lowest BCUT2D eigenvalue weighted by Gasteiger charge is -2.26. The minimum Gasteiger partial charge on any atom is -0.488 e. The van der Waals surface area contributed by atoms with Gasteiger partial charge in [-0.2, -0.15) is 0 Å². The van der Waals surface area contributed by atoms with Crippen molar-refractivity contribution in [2.24, 2.45) is 0 Å². The van der Waals surface area contributed by atoms with Crippen LogP contribution in [-0.4, -0.2) is 13.2 Å². The highest BCUT2D eigenvalue weighted by Crippen LogP contribution is 2.29. The zero-order valence-corrected chi connectivity index (χ0v) is 13.3. The molecule has 0 spiro atoms. The lowest BCUT2D eigenvalue weighted by atomic mass is 10.0. The van der Waals surface area contributed by atoms with Gasteiger partial charge in [0.05, 0.1) is 6.04 Å². The summed E-state index contributed by atoms with van der Waals surface area (Å²) in [5.74, 6) is 1.44. The molecule has 0 radical (unpaired) electrons. The fraction of sp³-hybridized carbons (Fsp3) is 0.368. The van der Waals surface area contributed by atoms with Gasteiger partial charge in [-0.05, 0) is 37.1 Å². The first kappa shape index (κ1) is 15.6. The summed E-state index contributed by atoms with van der Waals surface area (Å²) >= 11 is 0. The van der Waals surface area contributed by atoms with Crippen molar-refractivity contribution in [2.45, 2.75) is 38.8 Å². The normalized spacial score (nSPS) is 14.0. The molecule has 0 bridgehead atoms. The van der Waals surface area contributed by atoms with Crippen molar-refractivity contribution in [2.75, 3.05) is 7.05 Å². The summed E-state index contributed by atoms with van der Waals surface area (Å²) in [4.78, 5) is 0. The Balaban J connectivity index is 2.19. The molecule has 2 rings (SSSR count). The van der Waals surface area contributed by atoms with E-state index in [1.54, 1.807) is 0 Å². The maximum atomic E-state index is 6.25. The number of likely N-dealkylation sites (N-methyl/N-ethyl adjacent to an activating group) is 1. The van der Waals surface area contributed by atoms with Crippen LogP contribution in [0.1, 0.15) is 43.9 Å². The second-order valence-electron chi connectivity index (χ2n) is 5.69. The standard InChI is InChI=1S/C19H25NO/c1-14(2)17-12-8-9-13-18(17)21-15(3)19(20-4)16-10-6-5-7-11-16/h5-15,19-20H,1-4H3. The van der Waals surface area contributed by atoms with Crippen LogP contribution in [0, 0.1) is 0 Å². The largest absolute Gasteiger partial charge is 0.488 e. The molecule has 2 unspecified atom stereocenters. The number of ether oxygens (including phenoxy) is 1. The summed E-state index contributed by atoms with van der Waals surface area (Å²) < 4.78 is 6.25. The van der Waals surface area contributed by atoms with Crippen LogP contribution in [0.5, 0.6) is 5.75 Å². The van der Waals surface area contributed by atoms with Crippen molar-refractivity contribution in [1.82, 2.24) is 5.32 Å². The Hall–Kier alpha value is -1.80. The molecule has 112 valence electrons. The SMILES string of the molecule is CNC(c1ccccc1)C(C)Oc1ccccc1C(C)C. The van der Waals surface area contributed by atoms with E-state index in [2.05, 4.69) is 68.6 Å². The zero-order valence-electron chi connectivity index (χ0n) is 13.3. The molecule has 2 atom stereocenters. The van der Waals surface area contributed by atoms with Crippen LogP contribution >= 0.6 is 0 Å². The van der Waals surface area contributed by atoms with E-state index in [0.29, 0.717) is 5.92 Å². The quantitative estimate of drug-likeness (QED) is 0.840. The van der Waals surface area contributed by atoms with Crippen LogP contribution in [0.15, 0.2) is 54.6 Å². The summed E-state index contributed by atoms with van der Waals surface area (Å²) in [5.41, 5.74) is 2.50. The van der Waals surface area contributed by atoms with Gasteiger partial charge in [-0.1, -0.05) is 62.4 Å². The number of nitrogens with one attached hydrogen (secondary N) is 1. The summed E-state index contributed by atoms with van der Waals surface area (Å²) in [7, 11) is 1.98. The number of para-hydroxylation sites is 1. The second-order valence-corrected chi connectivity index (χ2v) is 5.69. The van der Waals surface area contributed by atoms with Crippen molar-refractivity contribution in [3.63, 3.8) is 0 Å². The van der Waals surface area contributed by atoms with Crippen LogP contribution in [0.2, 0.25) is 0 Å². The molecule has 21 heavy (non-hydrogen) atoms. The highest BCUT2D eigenvalue weighted by molar-refractivity contribution is 5.36. The Morgan fingerprint density at radius 3 is 2.10 bits per heavy atom. The second kappa shape index (κ2) is 7.28. The van der Waals surface area contributed by atoms with E-state index in [0.717, 1.165) is 5.75 Å². The third-order valence-corrected chi connectivity index (χ3v) is 3.79. The number of hydrogen-bond acceptors (Lipinski definition) is 2. The fourth-order valence-corrected chi connectivity index (χ4v) is 2.67. The Kier molecular flexibility index (Phi) is 5.40. The van der Waals surface area contributed by atoms with Gasteiger partial charge in [0.2, 0.25) is 0 Å². The van der Waals surface area contributed by atoms with E-state index >= 15 is 0 Å². The Morgan fingerprint density at radius 1 is 0.857 bits per heavy atom. The van der Waals surface area contributed by atoms with E-state index in [4.69, 9.17) is 4.74 Å². The van der Waals surface area contributed by atoms with Crippen molar-refractivity contribution < 1.29 is 4.74 Å². The zero-order chi connectivity index (χ0) is 15.2. The number of benzene rings is 2. The summed E-state index contributed by atoms with van der Waals surface area (Å²) in [6.07, 6.45) is 0.0531. The van der Waals surface area contributed by atoms with Gasteiger partial charge in [-0.3, -0.25) is 0 Å². The first-order valence-electron chi connectivity index (χ1n) is 7.61. The molecule has 0 aliphatic heterocycles. The van der Waals surface area contributed by atoms with Gasteiger partial charge in [0.1, 0.15) is 11.9 Å². The third-order valence-electron chi connectivity index (χ3n) is 3.79. The van der Waals surface area contributed by atoms with Gasteiger partial charge in [-0.15, -0.1) is 0 Å². The molecule has 0 fully saturated rings. The van der Waals surface area contributed by atoms with Crippen molar-refractivity contribution in [3.8, 4) is 5.75 Å². The molecule has 0 heterocycles. The molecule has 0 aliphatic rings. The number of hydrogen-bond donors (Lipinski definition) is 1. The van der Waals surface area contributed by atoms with E-state index in [1.807, 2.05) is 19.2 Å². The highest BCUT2D eigenvalue weighted by Gasteiger charge is 2.20. The molecule has 2 heteroatoms. The van der Waals surface area contributed by atoms with Crippen LogP contribution in [-0.2, 0) is 0 Å². The van der Waals surface area contributed by atoms with E-state index in [-0.39, 0.29) is 12.1 Å². The fourth-order valence-electron chi connectivity index (χ4n) is 2.67. The third kappa shape index (κ3) is 3.85. The maximum Gasteiger partial charge on any atom is 0.123 e. The predicted octanol–water partition coefficient (Wildman–Crippen LogP) is 4.54. The van der Waals surface area contributed by atoms with E-state index in [9.17, 15) is 0 Å². The average molecular weight is 283 g/mol. The van der Waals surface area contributed by atoms with Gasteiger partial charge >= 0.3 is 0 Å². The highest BCUT2D eigenvalue weighted by atomic mass is 16.5. The summed E-state index contributed by atoms with van der Waals surface area (Å²) in [5, 5.41) is 3.36. The molecule has 1 N–H and O–H groups in total. The van der Waals surface area contributed by atoms with Crippen LogP contribution in [0.25, 0.3) is 0 Å². The molecule has 0 saturated heterocycles. The van der Waals surface area contributed by atoms with Crippen LogP contribution < -0.4 is 10.1 Å². The van der Waals surface area contributed by atoms with Crippen LogP contribution in [0.4, 0.5) is 0 Å². The molecule has 0 saturated carbocycles. The molecule has 0 aromatic heterocycles. The molecule has 2 nitrogen and oxygen atoms in total. The Morgan fingerprint density at radius 2 is 1.48 bits per heavy atom. The molecular weight excluding hydrogens is 258 g/mol. The van der Waals surface area contributed by atoms with Gasteiger partial charge in [-0.25, -0.2) is 0 Å². The summed E-state index contributed by atoms with van der Waals surface area (Å²) in [6, 6.07) is 18.9. The first-order chi connectivity index (χ1) is 10.1. The number of rotatable bonds is 6. The lowest BCUT2D eigenvalue weighted by Crippen LogP contribution is -2.31. The molecule has 2 aromatic carbocycles. The van der Waals surface area contributed by atoms with Crippen molar-refractivity contribution >= 4 is 0 Å². The smallest absolute Gasteiger partial charge is 0.123 e. The minimum atomic E-state index is 0.0531. The molecule has 0 amide bonds. The molecule has 2 aromatic rings. The molecule has 0 aliphatic carbocycles. The van der Waals surface area contributed by atoms with E-state index in [1.165, 1.54) is 11.1 Å². The lowest BCUT2D eigenvalue weighted by molar-refractivity contribution is 0.173. The topological polar surface area (TPSA) is 21.3 Å². The Labute approximate surface area is 128 Å². The van der Waals surface area contributed by atoms with Gasteiger partial charge in [0.25, 0.3) is 0 Å². The maximum absolute atomic E-state index is 6.25. The van der Waals surface area contributed by atoms with Crippen LogP contribution in [0.3, 0.4) is 0 Å². The van der Waals surface area contributed by atoms with Gasteiger partial charge in [0, 0.05) is 0 Å². The Bertz CT molecular complexity index is 551. The van der Waals surface area contributed by atoms with E-state index < -0.39 is 0 Å². The predicted molar refractivity (Wildman–Crippen MR) is 88.9 cm³/mol. The monoisotopic (exact) mass is 283 g/mol. The average Bonchev–Trinajstić information content (AvgIpc) is 2.49. The summed E-state index contributed by atoms with van der Waals surface area (Å²) in [6.45, 7) is 6.50. The van der Waals surface area contributed by atoms with Crippen molar-refractivity contribution in [1.29, 1.82) is 0 Å². The van der Waals surface area contributed by atoms with Crippen molar-refractivity contribution in [3.05, 3.63) is 65.7 Å². The minimum absolute atomic E-state index is 0.0531.